The molecule has 38 heavy (non-hydrogen) atoms. The van der Waals surface area contributed by atoms with Crippen molar-refractivity contribution in [3.63, 3.8) is 0 Å². The standard InChI is InChI=1S/C28H28F3N3O4/c1-3-23(35)17-38-25-12-11-22(28(29,30)31)15-24(25)34-27(37)33-16-19-9-7-18(8-10-19)13-20-5-4-6-21(14-20)26(36)32-2/h4-12,14-15H,3,13,16-17H2,1-2H3,(H,32,36)(H2,33,34,37). The molecule has 7 nitrogen and oxygen atoms in total. The number of ketones is 1. The maximum absolute atomic E-state index is 13.2. The summed E-state index contributed by atoms with van der Waals surface area (Å²) in [5.74, 6) is -0.437. The lowest BCUT2D eigenvalue weighted by atomic mass is 10.0. The van der Waals surface area contributed by atoms with Crippen LogP contribution in [0.25, 0.3) is 0 Å². The van der Waals surface area contributed by atoms with Gasteiger partial charge in [-0.3, -0.25) is 9.59 Å². The first-order valence-corrected chi connectivity index (χ1v) is 11.9. The van der Waals surface area contributed by atoms with Gasteiger partial charge in [-0.15, -0.1) is 0 Å². The van der Waals surface area contributed by atoms with Crippen LogP contribution in [0.2, 0.25) is 0 Å². The number of carbonyl (C=O) groups excluding carboxylic acids is 3. The second-order valence-electron chi connectivity index (χ2n) is 8.47. The normalized spacial score (nSPS) is 11.0. The molecule has 3 aromatic rings. The SMILES string of the molecule is CCC(=O)COc1ccc(C(F)(F)F)cc1NC(=O)NCc1ccc(Cc2cccc(C(=O)NC)c2)cc1. The smallest absolute Gasteiger partial charge is 0.416 e. The Morgan fingerprint density at radius 2 is 1.61 bits per heavy atom. The van der Waals surface area contributed by atoms with Crippen molar-refractivity contribution in [2.45, 2.75) is 32.5 Å². The fraction of sp³-hybridized carbons (Fsp3) is 0.250. The van der Waals surface area contributed by atoms with E-state index in [-0.39, 0.29) is 42.7 Å². The lowest BCUT2D eigenvalue weighted by molar-refractivity contribution is -0.137. The van der Waals surface area contributed by atoms with Gasteiger partial charge < -0.3 is 20.7 Å². The molecule has 0 fully saturated rings. The molecule has 3 amide bonds. The van der Waals surface area contributed by atoms with Gasteiger partial charge in [0.2, 0.25) is 0 Å². The molecule has 0 bridgehead atoms. The van der Waals surface area contributed by atoms with Crippen LogP contribution >= 0.6 is 0 Å². The quantitative estimate of drug-likeness (QED) is 0.332. The molecule has 3 N–H and O–H groups in total. The van der Waals surface area contributed by atoms with Crippen molar-refractivity contribution < 1.29 is 32.3 Å². The number of hydrogen-bond donors (Lipinski definition) is 3. The number of benzene rings is 3. The van der Waals surface area contributed by atoms with E-state index in [9.17, 15) is 27.6 Å². The highest BCUT2D eigenvalue weighted by Crippen LogP contribution is 2.35. The van der Waals surface area contributed by atoms with Crippen LogP contribution in [-0.4, -0.2) is 31.4 Å². The molecule has 0 aromatic heterocycles. The summed E-state index contributed by atoms with van der Waals surface area (Å²) in [7, 11) is 1.57. The Bertz CT molecular complexity index is 1290. The van der Waals surface area contributed by atoms with Crippen molar-refractivity contribution in [3.8, 4) is 5.75 Å². The molecule has 0 spiro atoms. The van der Waals surface area contributed by atoms with Crippen molar-refractivity contribution in [1.29, 1.82) is 0 Å². The lowest BCUT2D eigenvalue weighted by Crippen LogP contribution is -2.28. The molecule has 0 radical (unpaired) electrons. The Balaban J connectivity index is 1.62. The zero-order chi connectivity index (χ0) is 27.7. The largest absolute Gasteiger partial charge is 0.484 e. The fourth-order valence-electron chi connectivity index (χ4n) is 3.52. The van der Waals surface area contributed by atoms with Gasteiger partial charge in [0.15, 0.2) is 5.78 Å². The van der Waals surface area contributed by atoms with Crippen LogP contribution in [0.15, 0.2) is 66.7 Å². The molecule has 0 unspecified atom stereocenters. The maximum Gasteiger partial charge on any atom is 0.416 e. The maximum atomic E-state index is 13.2. The number of anilines is 1. The topological polar surface area (TPSA) is 96.5 Å². The average molecular weight is 528 g/mol. The highest BCUT2D eigenvalue weighted by atomic mass is 19.4. The summed E-state index contributed by atoms with van der Waals surface area (Å²) in [6, 6.07) is 16.7. The Kier molecular flexibility index (Phi) is 9.48. The van der Waals surface area contributed by atoms with Crippen LogP contribution in [0.5, 0.6) is 5.75 Å². The first-order valence-electron chi connectivity index (χ1n) is 11.9. The van der Waals surface area contributed by atoms with E-state index in [2.05, 4.69) is 16.0 Å². The summed E-state index contributed by atoms with van der Waals surface area (Å²) in [5, 5.41) is 7.58. The minimum absolute atomic E-state index is 0.0419. The third-order valence-electron chi connectivity index (χ3n) is 5.64. The molecule has 0 aliphatic carbocycles. The zero-order valence-electron chi connectivity index (χ0n) is 20.9. The number of ether oxygens (including phenoxy) is 1. The Labute approximate surface area is 218 Å². The number of halogens is 3. The van der Waals surface area contributed by atoms with Gasteiger partial charge in [0.1, 0.15) is 12.4 Å². The van der Waals surface area contributed by atoms with Gasteiger partial charge in [-0.25, -0.2) is 4.79 Å². The predicted molar refractivity (Wildman–Crippen MR) is 137 cm³/mol. The number of Topliss-reactive ketones (excluding diaryl/α,β-unsaturated/α-hetero) is 1. The van der Waals surface area contributed by atoms with Gasteiger partial charge in [0, 0.05) is 25.6 Å². The molecule has 3 rings (SSSR count). The molecule has 0 heterocycles. The summed E-state index contributed by atoms with van der Waals surface area (Å²) < 4.78 is 44.9. The highest BCUT2D eigenvalue weighted by molar-refractivity contribution is 5.94. The molecule has 3 aromatic carbocycles. The van der Waals surface area contributed by atoms with Crippen molar-refractivity contribution in [1.82, 2.24) is 10.6 Å². The van der Waals surface area contributed by atoms with E-state index >= 15 is 0 Å². The summed E-state index contributed by atoms with van der Waals surface area (Å²) in [6.45, 7) is 1.45. The minimum Gasteiger partial charge on any atom is -0.484 e. The van der Waals surface area contributed by atoms with Crippen LogP contribution in [0.3, 0.4) is 0 Å². The molecule has 0 saturated carbocycles. The van der Waals surface area contributed by atoms with Crippen LogP contribution in [-0.2, 0) is 23.9 Å². The van der Waals surface area contributed by atoms with Gasteiger partial charge in [-0.05, 0) is 53.4 Å². The molecular formula is C28H28F3N3O4. The number of carbonyl (C=O) groups is 3. The van der Waals surface area contributed by atoms with E-state index in [4.69, 9.17) is 4.74 Å². The number of alkyl halides is 3. The molecule has 0 aliphatic rings. The fourth-order valence-corrected chi connectivity index (χ4v) is 3.52. The van der Waals surface area contributed by atoms with Gasteiger partial charge in [-0.2, -0.15) is 13.2 Å². The van der Waals surface area contributed by atoms with E-state index in [1.165, 1.54) is 0 Å². The number of rotatable bonds is 10. The molecular weight excluding hydrogens is 499 g/mol. The first kappa shape index (κ1) is 28.2. The van der Waals surface area contributed by atoms with Crippen LogP contribution in [0.4, 0.5) is 23.7 Å². The summed E-state index contributed by atoms with van der Waals surface area (Å²) in [4.78, 5) is 35.9. The van der Waals surface area contributed by atoms with Crippen molar-refractivity contribution in [2.24, 2.45) is 0 Å². The van der Waals surface area contributed by atoms with Gasteiger partial charge in [0.25, 0.3) is 5.91 Å². The van der Waals surface area contributed by atoms with Crippen LogP contribution in [0, 0.1) is 0 Å². The number of hydrogen-bond acceptors (Lipinski definition) is 4. The van der Waals surface area contributed by atoms with Crippen molar-refractivity contribution in [2.75, 3.05) is 19.0 Å². The Morgan fingerprint density at radius 1 is 0.895 bits per heavy atom. The van der Waals surface area contributed by atoms with Crippen LogP contribution in [0.1, 0.15) is 46.0 Å². The second-order valence-corrected chi connectivity index (χ2v) is 8.47. The highest BCUT2D eigenvalue weighted by Gasteiger charge is 2.31. The third kappa shape index (κ3) is 8.09. The van der Waals surface area contributed by atoms with E-state index in [0.29, 0.717) is 12.0 Å². The zero-order valence-corrected chi connectivity index (χ0v) is 20.9. The van der Waals surface area contributed by atoms with E-state index < -0.39 is 17.8 Å². The molecule has 0 aliphatic heterocycles. The van der Waals surface area contributed by atoms with E-state index in [1.807, 2.05) is 42.5 Å². The van der Waals surface area contributed by atoms with Gasteiger partial charge in [-0.1, -0.05) is 43.3 Å². The molecule has 0 saturated heterocycles. The molecule has 10 heteroatoms. The summed E-state index contributed by atoms with van der Waals surface area (Å²) >= 11 is 0. The number of nitrogens with one attached hydrogen (secondary N) is 3. The lowest BCUT2D eigenvalue weighted by Gasteiger charge is -2.15. The number of urea groups is 1. The Hall–Kier alpha value is -4.34. The Morgan fingerprint density at radius 3 is 2.26 bits per heavy atom. The summed E-state index contributed by atoms with van der Waals surface area (Å²) in [6.07, 6.45) is -3.79. The van der Waals surface area contributed by atoms with Crippen molar-refractivity contribution >= 4 is 23.4 Å². The molecule has 200 valence electrons. The first-order chi connectivity index (χ1) is 18.1. The summed E-state index contributed by atoms with van der Waals surface area (Å²) in [5.41, 5.74) is 2.16. The average Bonchev–Trinajstić information content (AvgIpc) is 2.90. The third-order valence-corrected chi connectivity index (χ3v) is 5.64. The van der Waals surface area contributed by atoms with E-state index in [0.717, 1.165) is 34.9 Å². The van der Waals surface area contributed by atoms with Crippen molar-refractivity contribution in [3.05, 3.63) is 94.5 Å². The monoisotopic (exact) mass is 527 g/mol. The van der Waals surface area contributed by atoms with Crippen LogP contribution < -0.4 is 20.7 Å². The molecule has 0 atom stereocenters. The van der Waals surface area contributed by atoms with Gasteiger partial charge >= 0.3 is 12.2 Å². The minimum atomic E-state index is -4.61. The predicted octanol–water partition coefficient (Wildman–Crippen LogP) is 5.34. The second kappa shape index (κ2) is 12.8. The van der Waals surface area contributed by atoms with E-state index in [1.54, 1.807) is 20.0 Å². The number of amides is 3. The van der Waals surface area contributed by atoms with Gasteiger partial charge in [0.05, 0.1) is 11.3 Å².